The quantitative estimate of drug-likeness (QED) is 0.794. The topological polar surface area (TPSA) is 54.5 Å². The van der Waals surface area contributed by atoms with Crippen molar-refractivity contribution in [1.29, 1.82) is 0 Å². The molecule has 5 nitrogen and oxygen atoms in total. The summed E-state index contributed by atoms with van der Waals surface area (Å²) in [7, 11) is 3.48. The number of amides is 1. The Hall–Kier alpha value is -1.62. The van der Waals surface area contributed by atoms with Crippen LogP contribution in [0, 0.1) is 0 Å². The molecular weight excluding hydrogens is 254 g/mol. The Morgan fingerprint density at radius 1 is 1.40 bits per heavy atom. The van der Waals surface area contributed by atoms with Crippen LogP contribution in [0.25, 0.3) is 0 Å². The van der Waals surface area contributed by atoms with Gasteiger partial charge in [-0.1, -0.05) is 13.8 Å². The third-order valence-corrected chi connectivity index (χ3v) is 3.45. The Morgan fingerprint density at radius 3 is 2.55 bits per heavy atom. The minimum atomic E-state index is -0.0293. The smallest absolute Gasteiger partial charge is 0.272 e. The fourth-order valence-corrected chi connectivity index (χ4v) is 2.18. The minimum Gasteiger partial charge on any atom is -0.387 e. The van der Waals surface area contributed by atoms with Gasteiger partial charge in [0, 0.05) is 26.7 Å². The Labute approximate surface area is 121 Å². The number of carbonyl (C=O) groups excluding carboxylic acids is 1. The summed E-state index contributed by atoms with van der Waals surface area (Å²) in [6.45, 7) is 5.32. The molecule has 0 atom stereocenters. The lowest BCUT2D eigenvalue weighted by molar-refractivity contribution is 0.0584. The molecule has 0 aliphatic carbocycles. The van der Waals surface area contributed by atoms with E-state index in [1.54, 1.807) is 19.4 Å². The lowest BCUT2D eigenvalue weighted by Crippen LogP contribution is -2.42. The van der Waals surface area contributed by atoms with E-state index < -0.39 is 0 Å². The number of methoxy groups -OCH3 is 1. The van der Waals surface area contributed by atoms with E-state index in [0.717, 1.165) is 18.5 Å². The largest absolute Gasteiger partial charge is 0.387 e. The first-order valence-corrected chi connectivity index (χ1v) is 7.11. The van der Waals surface area contributed by atoms with Gasteiger partial charge in [-0.25, -0.2) is 4.98 Å². The van der Waals surface area contributed by atoms with Crippen LogP contribution >= 0.6 is 0 Å². The molecule has 112 valence electrons. The number of anilines is 1. The maximum atomic E-state index is 12.6. The molecule has 0 aliphatic rings. The number of ether oxygens (including phenoxy) is 1. The van der Waals surface area contributed by atoms with Crippen LogP contribution in [0.15, 0.2) is 18.3 Å². The fraction of sp³-hybridized carbons (Fsp3) is 0.600. The Balaban J connectivity index is 2.89. The van der Waals surface area contributed by atoms with E-state index in [2.05, 4.69) is 24.1 Å². The van der Waals surface area contributed by atoms with Crippen LogP contribution in [-0.2, 0) is 4.74 Å². The van der Waals surface area contributed by atoms with Crippen molar-refractivity contribution in [3.8, 4) is 0 Å². The van der Waals surface area contributed by atoms with Crippen molar-refractivity contribution in [2.45, 2.75) is 32.7 Å². The molecule has 1 heterocycles. The van der Waals surface area contributed by atoms with Gasteiger partial charge in [-0.15, -0.1) is 0 Å². The third-order valence-electron chi connectivity index (χ3n) is 3.45. The second kappa shape index (κ2) is 8.53. The predicted molar refractivity (Wildman–Crippen MR) is 81.1 cm³/mol. The van der Waals surface area contributed by atoms with Crippen molar-refractivity contribution in [2.24, 2.45) is 0 Å². The summed E-state index contributed by atoms with van der Waals surface area (Å²) < 4.78 is 5.11. The first kappa shape index (κ1) is 16.4. The van der Waals surface area contributed by atoms with E-state index >= 15 is 0 Å². The van der Waals surface area contributed by atoms with Gasteiger partial charge in [0.05, 0.1) is 18.5 Å². The van der Waals surface area contributed by atoms with Crippen LogP contribution in [0.3, 0.4) is 0 Å². The summed E-state index contributed by atoms with van der Waals surface area (Å²) in [6, 6.07) is 3.85. The molecule has 0 spiro atoms. The van der Waals surface area contributed by atoms with Crippen molar-refractivity contribution >= 4 is 11.6 Å². The molecule has 0 saturated carbocycles. The van der Waals surface area contributed by atoms with Crippen molar-refractivity contribution in [1.82, 2.24) is 9.88 Å². The average molecular weight is 279 g/mol. The van der Waals surface area contributed by atoms with Crippen molar-refractivity contribution in [3.63, 3.8) is 0 Å². The van der Waals surface area contributed by atoms with Crippen LogP contribution in [0.2, 0.25) is 0 Å². The highest BCUT2D eigenvalue weighted by Gasteiger charge is 2.22. The maximum absolute atomic E-state index is 12.6. The standard InChI is InChI=1S/C15H25N3O2/c1-5-13(6-2)18(9-10-20-4)15(19)14-8-7-12(16-3)11-17-14/h7-8,11,13,16H,5-6,9-10H2,1-4H3. The number of nitrogens with zero attached hydrogens (tertiary/aromatic N) is 2. The average Bonchev–Trinajstić information content (AvgIpc) is 2.51. The molecule has 0 saturated heterocycles. The number of hydrogen-bond acceptors (Lipinski definition) is 4. The van der Waals surface area contributed by atoms with Gasteiger partial charge in [0.2, 0.25) is 0 Å². The van der Waals surface area contributed by atoms with Crippen molar-refractivity contribution < 1.29 is 9.53 Å². The molecule has 1 aromatic heterocycles. The first-order chi connectivity index (χ1) is 9.67. The summed E-state index contributed by atoms with van der Waals surface area (Å²) in [5, 5.41) is 2.99. The normalized spacial score (nSPS) is 10.7. The van der Waals surface area contributed by atoms with Crippen LogP contribution < -0.4 is 5.32 Å². The molecule has 0 aromatic carbocycles. The molecule has 0 unspecified atom stereocenters. The van der Waals surface area contributed by atoms with E-state index in [0.29, 0.717) is 18.8 Å². The molecule has 0 fully saturated rings. The third kappa shape index (κ3) is 4.20. The number of carbonyl (C=O) groups is 1. The summed E-state index contributed by atoms with van der Waals surface area (Å²) >= 11 is 0. The van der Waals surface area contributed by atoms with Gasteiger partial charge in [-0.05, 0) is 25.0 Å². The maximum Gasteiger partial charge on any atom is 0.272 e. The lowest BCUT2D eigenvalue weighted by Gasteiger charge is -2.30. The molecule has 5 heteroatoms. The number of nitrogens with one attached hydrogen (secondary N) is 1. The van der Waals surface area contributed by atoms with Gasteiger partial charge in [0.1, 0.15) is 5.69 Å². The Morgan fingerprint density at radius 2 is 2.10 bits per heavy atom. The second-order valence-electron chi connectivity index (χ2n) is 4.64. The second-order valence-corrected chi connectivity index (χ2v) is 4.64. The van der Waals surface area contributed by atoms with Gasteiger partial charge in [0.25, 0.3) is 5.91 Å². The lowest BCUT2D eigenvalue weighted by atomic mass is 10.1. The van der Waals surface area contributed by atoms with E-state index in [-0.39, 0.29) is 11.9 Å². The zero-order chi connectivity index (χ0) is 15.0. The van der Waals surface area contributed by atoms with Crippen LogP contribution in [0.4, 0.5) is 5.69 Å². The molecular formula is C15H25N3O2. The highest BCUT2D eigenvalue weighted by Crippen LogP contribution is 2.14. The molecule has 1 rings (SSSR count). The summed E-state index contributed by atoms with van der Waals surface area (Å²) in [5.41, 5.74) is 1.37. The first-order valence-electron chi connectivity index (χ1n) is 7.11. The highest BCUT2D eigenvalue weighted by molar-refractivity contribution is 5.92. The Kier molecular flexibility index (Phi) is 7.01. The zero-order valence-electron chi connectivity index (χ0n) is 12.8. The monoisotopic (exact) mass is 279 g/mol. The van der Waals surface area contributed by atoms with E-state index in [9.17, 15) is 4.79 Å². The molecule has 1 aromatic rings. The van der Waals surface area contributed by atoms with E-state index in [4.69, 9.17) is 4.74 Å². The SMILES string of the molecule is CCC(CC)N(CCOC)C(=O)c1ccc(NC)cn1. The number of pyridine rings is 1. The van der Waals surface area contributed by atoms with Crippen LogP contribution in [0.5, 0.6) is 0 Å². The predicted octanol–water partition coefficient (Wildman–Crippen LogP) is 2.40. The van der Waals surface area contributed by atoms with Gasteiger partial charge in [-0.2, -0.15) is 0 Å². The fourth-order valence-electron chi connectivity index (χ4n) is 2.18. The van der Waals surface area contributed by atoms with Crippen molar-refractivity contribution in [2.75, 3.05) is 32.6 Å². The molecule has 1 amide bonds. The number of hydrogen-bond donors (Lipinski definition) is 1. The van der Waals surface area contributed by atoms with Crippen LogP contribution in [0.1, 0.15) is 37.2 Å². The summed E-state index contributed by atoms with van der Waals surface area (Å²) in [4.78, 5) is 18.7. The molecule has 1 N–H and O–H groups in total. The van der Waals surface area contributed by atoms with Crippen LogP contribution in [-0.4, -0.2) is 49.1 Å². The van der Waals surface area contributed by atoms with Gasteiger partial charge in [0.15, 0.2) is 0 Å². The summed E-state index contributed by atoms with van der Waals surface area (Å²) in [5.74, 6) is -0.0293. The van der Waals surface area contributed by atoms with Gasteiger partial charge >= 0.3 is 0 Å². The molecule has 0 radical (unpaired) electrons. The van der Waals surface area contributed by atoms with Gasteiger partial charge < -0.3 is 15.0 Å². The molecule has 20 heavy (non-hydrogen) atoms. The molecule has 0 aliphatic heterocycles. The summed E-state index contributed by atoms with van der Waals surface area (Å²) in [6.07, 6.45) is 3.54. The zero-order valence-corrected chi connectivity index (χ0v) is 12.8. The Bertz CT molecular complexity index is 402. The number of aromatic nitrogens is 1. The minimum absolute atomic E-state index is 0.0293. The highest BCUT2D eigenvalue weighted by atomic mass is 16.5. The van der Waals surface area contributed by atoms with E-state index in [1.165, 1.54) is 0 Å². The van der Waals surface area contributed by atoms with Gasteiger partial charge in [-0.3, -0.25) is 4.79 Å². The van der Waals surface area contributed by atoms with Crippen molar-refractivity contribution in [3.05, 3.63) is 24.0 Å². The molecule has 0 bridgehead atoms. The number of rotatable bonds is 8. The van der Waals surface area contributed by atoms with E-state index in [1.807, 2.05) is 18.0 Å².